The average Bonchev–Trinajstić information content (AvgIpc) is 1.99. The summed E-state index contributed by atoms with van der Waals surface area (Å²) in [4.78, 5) is 3.15. The van der Waals surface area contributed by atoms with Crippen LogP contribution in [0.5, 0.6) is 0 Å². The number of nitrogens with zero attached hydrogens (tertiary/aromatic N) is 1. The molecule has 15 heavy (non-hydrogen) atoms. The summed E-state index contributed by atoms with van der Waals surface area (Å²) in [5.74, 6) is 0. The van der Waals surface area contributed by atoms with E-state index in [2.05, 4.69) is 4.98 Å². The highest BCUT2D eigenvalue weighted by molar-refractivity contribution is 5.51. The zero-order valence-electron chi connectivity index (χ0n) is 7.57. The molecule has 0 fully saturated rings. The maximum absolute atomic E-state index is 12.3. The Morgan fingerprint density at radius 1 is 1.33 bits per heavy atom. The Bertz CT molecular complexity index is 349. The van der Waals surface area contributed by atoms with Crippen LogP contribution in [-0.4, -0.2) is 4.98 Å². The molecule has 1 heterocycles. The molecule has 0 unspecified atom stereocenters. The monoisotopic (exact) mass is 226 g/mol. The number of aromatic nitrogens is 1. The molecule has 0 saturated heterocycles. The van der Waals surface area contributed by atoms with Crippen LogP contribution in [0.2, 0.25) is 0 Å². The van der Waals surface area contributed by atoms with E-state index in [4.69, 9.17) is 5.73 Å². The molecule has 0 bridgehead atoms. The van der Waals surface area contributed by atoms with E-state index < -0.39 is 35.2 Å². The Balaban J connectivity index is 3.34. The maximum atomic E-state index is 12.3. The molecule has 1 aromatic rings. The number of hydrogen-bond acceptors (Lipinski definition) is 2. The van der Waals surface area contributed by atoms with Crippen molar-refractivity contribution in [1.82, 2.24) is 4.98 Å². The van der Waals surface area contributed by atoms with Crippen molar-refractivity contribution >= 4 is 5.69 Å². The first-order valence-corrected chi connectivity index (χ1v) is 3.86. The standard InChI is InChI=1S/C8H7F5N2/c1-3-6(8(11,12)13)4(14)2-5(15-3)7(9)10/h2,7H,1H3,(H2,14,15). The number of halogens is 5. The Kier molecular flexibility index (Phi) is 2.83. The van der Waals surface area contributed by atoms with Gasteiger partial charge in [0.25, 0.3) is 6.43 Å². The van der Waals surface area contributed by atoms with E-state index in [0.717, 1.165) is 6.92 Å². The fourth-order valence-corrected chi connectivity index (χ4v) is 1.20. The summed E-state index contributed by atoms with van der Waals surface area (Å²) in [6.45, 7) is 0.991. The van der Waals surface area contributed by atoms with Crippen molar-refractivity contribution < 1.29 is 22.0 Å². The third-order valence-corrected chi connectivity index (χ3v) is 1.76. The molecule has 2 nitrogen and oxygen atoms in total. The molecule has 84 valence electrons. The second kappa shape index (κ2) is 3.63. The highest BCUT2D eigenvalue weighted by Gasteiger charge is 2.36. The van der Waals surface area contributed by atoms with Crippen LogP contribution in [-0.2, 0) is 6.18 Å². The van der Waals surface area contributed by atoms with E-state index >= 15 is 0 Å². The number of hydrogen-bond donors (Lipinski definition) is 1. The molecule has 0 saturated carbocycles. The van der Waals surface area contributed by atoms with Gasteiger partial charge >= 0.3 is 6.18 Å². The van der Waals surface area contributed by atoms with E-state index in [0.29, 0.717) is 6.07 Å². The van der Waals surface area contributed by atoms with Crippen LogP contribution in [0.1, 0.15) is 23.4 Å². The molecule has 0 aliphatic rings. The van der Waals surface area contributed by atoms with Crippen molar-refractivity contribution in [3.63, 3.8) is 0 Å². The topological polar surface area (TPSA) is 38.9 Å². The second-order valence-corrected chi connectivity index (χ2v) is 2.90. The molecule has 0 aliphatic carbocycles. The minimum atomic E-state index is -4.68. The van der Waals surface area contributed by atoms with Gasteiger partial charge in [-0.1, -0.05) is 0 Å². The van der Waals surface area contributed by atoms with E-state index in [9.17, 15) is 22.0 Å². The molecular formula is C8H7F5N2. The molecule has 0 spiro atoms. The Morgan fingerprint density at radius 3 is 2.20 bits per heavy atom. The van der Waals surface area contributed by atoms with E-state index in [1.54, 1.807) is 0 Å². The summed E-state index contributed by atoms with van der Waals surface area (Å²) < 4.78 is 61.3. The number of aryl methyl sites for hydroxylation is 1. The van der Waals surface area contributed by atoms with Gasteiger partial charge < -0.3 is 5.73 Å². The minimum Gasteiger partial charge on any atom is -0.398 e. The maximum Gasteiger partial charge on any atom is 0.420 e. The Hall–Kier alpha value is -1.40. The lowest BCUT2D eigenvalue weighted by atomic mass is 10.1. The third kappa shape index (κ3) is 2.34. The number of pyridine rings is 1. The van der Waals surface area contributed by atoms with Crippen LogP contribution in [0.4, 0.5) is 27.6 Å². The zero-order chi connectivity index (χ0) is 11.8. The number of nitrogens with two attached hydrogens (primary N) is 1. The highest BCUT2D eigenvalue weighted by Crippen LogP contribution is 2.36. The summed E-state index contributed by atoms with van der Waals surface area (Å²) in [5.41, 5.74) is 1.87. The zero-order valence-corrected chi connectivity index (χ0v) is 7.57. The fraction of sp³-hybridized carbons (Fsp3) is 0.375. The first kappa shape index (κ1) is 11.7. The first-order chi connectivity index (χ1) is 6.73. The van der Waals surface area contributed by atoms with Crippen molar-refractivity contribution in [2.75, 3.05) is 5.73 Å². The van der Waals surface area contributed by atoms with Gasteiger partial charge in [-0.15, -0.1) is 0 Å². The lowest BCUT2D eigenvalue weighted by Crippen LogP contribution is -2.13. The molecule has 2 N–H and O–H groups in total. The minimum absolute atomic E-state index is 0.542. The largest absolute Gasteiger partial charge is 0.420 e. The van der Waals surface area contributed by atoms with Gasteiger partial charge in [-0.25, -0.2) is 8.78 Å². The van der Waals surface area contributed by atoms with E-state index in [1.165, 1.54) is 0 Å². The molecule has 0 amide bonds. The fourth-order valence-electron chi connectivity index (χ4n) is 1.20. The lowest BCUT2D eigenvalue weighted by molar-refractivity contribution is -0.137. The van der Waals surface area contributed by atoms with Gasteiger partial charge in [0.05, 0.1) is 11.3 Å². The van der Waals surface area contributed by atoms with Gasteiger partial charge in [0, 0.05) is 5.69 Å². The first-order valence-electron chi connectivity index (χ1n) is 3.86. The van der Waals surface area contributed by atoms with Crippen LogP contribution < -0.4 is 5.73 Å². The van der Waals surface area contributed by atoms with Crippen molar-refractivity contribution in [3.8, 4) is 0 Å². The van der Waals surface area contributed by atoms with E-state index in [1.807, 2.05) is 0 Å². The number of anilines is 1. The quantitative estimate of drug-likeness (QED) is 0.747. The van der Waals surface area contributed by atoms with Crippen molar-refractivity contribution in [2.24, 2.45) is 0 Å². The van der Waals surface area contributed by atoms with Crippen LogP contribution in [0.15, 0.2) is 6.07 Å². The van der Waals surface area contributed by atoms with Gasteiger partial charge in [0.15, 0.2) is 0 Å². The van der Waals surface area contributed by atoms with Gasteiger partial charge in [0.2, 0.25) is 0 Å². The average molecular weight is 226 g/mol. The van der Waals surface area contributed by atoms with Crippen LogP contribution in [0.25, 0.3) is 0 Å². The second-order valence-electron chi connectivity index (χ2n) is 2.90. The summed E-state index contributed by atoms with van der Waals surface area (Å²) in [6, 6.07) is 0.542. The van der Waals surface area contributed by atoms with Crippen molar-refractivity contribution in [2.45, 2.75) is 19.5 Å². The van der Waals surface area contributed by atoms with E-state index in [-0.39, 0.29) is 0 Å². The van der Waals surface area contributed by atoms with Crippen LogP contribution >= 0.6 is 0 Å². The van der Waals surface area contributed by atoms with Crippen molar-refractivity contribution in [3.05, 3.63) is 23.0 Å². The molecule has 0 aliphatic heterocycles. The number of alkyl halides is 5. The highest BCUT2D eigenvalue weighted by atomic mass is 19.4. The summed E-state index contributed by atoms with van der Waals surface area (Å²) in [5, 5.41) is 0. The summed E-state index contributed by atoms with van der Waals surface area (Å²) in [7, 11) is 0. The SMILES string of the molecule is Cc1nc(C(F)F)cc(N)c1C(F)(F)F. The Morgan fingerprint density at radius 2 is 1.87 bits per heavy atom. The Labute approximate surface area is 81.9 Å². The smallest absolute Gasteiger partial charge is 0.398 e. The van der Waals surface area contributed by atoms with Crippen molar-refractivity contribution in [1.29, 1.82) is 0 Å². The lowest BCUT2D eigenvalue weighted by Gasteiger charge is -2.13. The molecule has 1 aromatic heterocycles. The predicted molar refractivity (Wildman–Crippen MR) is 43.3 cm³/mol. The normalized spacial score (nSPS) is 12.2. The van der Waals surface area contributed by atoms with Gasteiger partial charge in [-0.05, 0) is 13.0 Å². The number of rotatable bonds is 1. The molecular weight excluding hydrogens is 219 g/mol. The van der Waals surface area contributed by atoms with Gasteiger partial charge in [-0.2, -0.15) is 13.2 Å². The van der Waals surface area contributed by atoms with Crippen LogP contribution in [0, 0.1) is 6.92 Å². The molecule has 0 atom stereocenters. The molecule has 0 aromatic carbocycles. The van der Waals surface area contributed by atoms with Crippen LogP contribution in [0.3, 0.4) is 0 Å². The number of nitrogen functional groups attached to an aromatic ring is 1. The van der Waals surface area contributed by atoms with Gasteiger partial charge in [0.1, 0.15) is 5.69 Å². The summed E-state index contributed by atoms with van der Waals surface area (Å²) in [6.07, 6.45) is -7.62. The summed E-state index contributed by atoms with van der Waals surface area (Å²) >= 11 is 0. The molecule has 1 rings (SSSR count). The third-order valence-electron chi connectivity index (χ3n) is 1.76. The molecule has 0 radical (unpaired) electrons. The predicted octanol–water partition coefficient (Wildman–Crippen LogP) is 2.93. The van der Waals surface area contributed by atoms with Gasteiger partial charge in [-0.3, -0.25) is 4.98 Å². The molecule has 7 heteroatoms.